The summed E-state index contributed by atoms with van der Waals surface area (Å²) in [5.41, 5.74) is 0.880. The smallest absolute Gasteiger partial charge is 0.410 e. The molecule has 1 aromatic rings. The number of carbonyl (C=O) groups is 1. The Balaban J connectivity index is 1.70. The maximum atomic E-state index is 12.7. The molecule has 0 aromatic heterocycles. The highest BCUT2D eigenvalue weighted by molar-refractivity contribution is 5.69. The number of carbonyl (C=O) groups excluding carboxylic acids is 1. The molecule has 3 rings (SSSR count). The highest BCUT2D eigenvalue weighted by Gasteiger charge is 2.47. The Morgan fingerprint density at radius 1 is 1.12 bits per heavy atom. The van der Waals surface area contributed by atoms with E-state index in [2.05, 4.69) is 35.2 Å². The summed E-state index contributed by atoms with van der Waals surface area (Å²) in [5.74, 6) is 0. The van der Waals surface area contributed by atoms with Gasteiger partial charge < -0.3 is 9.64 Å². The van der Waals surface area contributed by atoms with Crippen molar-refractivity contribution in [2.45, 2.75) is 64.1 Å². The van der Waals surface area contributed by atoms with Crippen molar-refractivity contribution in [2.75, 3.05) is 19.6 Å². The number of hydrogen-bond donors (Lipinski definition) is 0. The van der Waals surface area contributed by atoms with Crippen molar-refractivity contribution in [2.24, 2.45) is 0 Å². The molecule has 1 aromatic carbocycles. The zero-order chi connectivity index (χ0) is 17.2. The summed E-state index contributed by atoms with van der Waals surface area (Å²) in [4.78, 5) is 17.2. The van der Waals surface area contributed by atoms with Gasteiger partial charge in [0.15, 0.2) is 0 Å². The van der Waals surface area contributed by atoms with Crippen LogP contribution in [0, 0.1) is 0 Å². The van der Waals surface area contributed by atoms with Gasteiger partial charge in [-0.15, -0.1) is 0 Å². The van der Waals surface area contributed by atoms with E-state index in [1.165, 1.54) is 5.56 Å². The number of likely N-dealkylation sites (tertiary alicyclic amines) is 2. The van der Waals surface area contributed by atoms with Crippen molar-refractivity contribution >= 4 is 6.09 Å². The molecule has 0 radical (unpaired) electrons. The maximum absolute atomic E-state index is 12.7. The first-order chi connectivity index (χ1) is 11.4. The quantitative estimate of drug-likeness (QED) is 0.820. The van der Waals surface area contributed by atoms with Crippen LogP contribution < -0.4 is 0 Å². The minimum Gasteiger partial charge on any atom is -0.444 e. The van der Waals surface area contributed by atoms with Crippen LogP contribution in [0.3, 0.4) is 0 Å². The molecule has 4 nitrogen and oxygen atoms in total. The van der Waals surface area contributed by atoms with Gasteiger partial charge in [0, 0.05) is 19.6 Å². The fourth-order valence-corrected chi connectivity index (χ4v) is 4.15. The lowest BCUT2D eigenvalue weighted by molar-refractivity contribution is -0.0114. The molecule has 1 spiro atoms. The number of hydrogen-bond acceptors (Lipinski definition) is 3. The van der Waals surface area contributed by atoms with Gasteiger partial charge in [0.2, 0.25) is 0 Å². The normalized spacial score (nSPS) is 25.2. The number of nitrogens with zero attached hydrogens (tertiary/aromatic N) is 2. The Labute approximate surface area is 145 Å². The molecule has 1 unspecified atom stereocenters. The lowest BCUT2D eigenvalue weighted by atomic mass is 9.86. The highest BCUT2D eigenvalue weighted by atomic mass is 16.6. The van der Waals surface area contributed by atoms with Crippen molar-refractivity contribution in [1.29, 1.82) is 0 Å². The van der Waals surface area contributed by atoms with Gasteiger partial charge in [-0.05, 0) is 58.6 Å². The number of ether oxygens (including phenoxy) is 1. The summed E-state index contributed by atoms with van der Waals surface area (Å²) in [6.07, 6.45) is 4.28. The second-order valence-corrected chi connectivity index (χ2v) is 8.26. The van der Waals surface area contributed by atoms with Crippen molar-refractivity contribution in [3.63, 3.8) is 0 Å². The van der Waals surface area contributed by atoms with Crippen LogP contribution in [0.1, 0.15) is 52.0 Å². The molecule has 0 aliphatic carbocycles. The average Bonchev–Trinajstić information content (AvgIpc) is 2.89. The van der Waals surface area contributed by atoms with Crippen LogP contribution >= 0.6 is 0 Å². The summed E-state index contributed by atoms with van der Waals surface area (Å²) in [6.45, 7) is 9.68. The molecule has 2 aliphatic rings. The van der Waals surface area contributed by atoms with Gasteiger partial charge in [-0.2, -0.15) is 0 Å². The second kappa shape index (κ2) is 6.75. The van der Waals surface area contributed by atoms with E-state index in [9.17, 15) is 4.79 Å². The Morgan fingerprint density at radius 3 is 2.46 bits per heavy atom. The summed E-state index contributed by atoms with van der Waals surface area (Å²) >= 11 is 0. The zero-order valence-electron chi connectivity index (χ0n) is 15.3. The van der Waals surface area contributed by atoms with Gasteiger partial charge in [0.05, 0.1) is 5.54 Å². The predicted molar refractivity (Wildman–Crippen MR) is 95.9 cm³/mol. The van der Waals surface area contributed by atoms with Crippen LogP contribution in [0.4, 0.5) is 4.79 Å². The molecule has 2 aliphatic heterocycles. The summed E-state index contributed by atoms with van der Waals surface area (Å²) < 4.78 is 5.67. The van der Waals surface area contributed by atoms with Crippen LogP contribution in [0.15, 0.2) is 30.3 Å². The van der Waals surface area contributed by atoms with E-state index in [0.717, 1.165) is 51.9 Å². The SMILES string of the molecule is CC(C)(C)OC(=O)N1CCCC12CCCN(Cc1ccccc1)C2. The molecule has 2 fully saturated rings. The maximum Gasteiger partial charge on any atom is 0.410 e. The Bertz CT molecular complexity index is 567. The van der Waals surface area contributed by atoms with Crippen molar-refractivity contribution in [3.8, 4) is 0 Å². The number of amides is 1. The topological polar surface area (TPSA) is 32.8 Å². The van der Waals surface area contributed by atoms with Crippen molar-refractivity contribution < 1.29 is 9.53 Å². The molecular weight excluding hydrogens is 300 g/mol. The molecule has 4 heteroatoms. The third-order valence-electron chi connectivity index (χ3n) is 5.09. The van der Waals surface area contributed by atoms with Gasteiger partial charge in [0.25, 0.3) is 0 Å². The molecule has 1 amide bonds. The fraction of sp³-hybridized carbons (Fsp3) is 0.650. The molecule has 1 atom stereocenters. The molecule has 132 valence electrons. The van der Waals surface area contributed by atoms with E-state index in [1.54, 1.807) is 0 Å². The van der Waals surface area contributed by atoms with Crippen LogP contribution in [-0.4, -0.2) is 46.7 Å². The minimum absolute atomic E-state index is 0.0324. The molecule has 2 heterocycles. The standard InChI is InChI=1S/C20H30N2O2/c1-19(2,3)24-18(23)22-14-8-12-20(22)11-7-13-21(16-20)15-17-9-5-4-6-10-17/h4-6,9-10H,7-8,11-16H2,1-3H3. The zero-order valence-corrected chi connectivity index (χ0v) is 15.3. The Hall–Kier alpha value is -1.55. The Morgan fingerprint density at radius 2 is 1.79 bits per heavy atom. The van der Waals surface area contributed by atoms with E-state index >= 15 is 0 Å². The number of benzene rings is 1. The van der Waals surface area contributed by atoms with Crippen LogP contribution in [-0.2, 0) is 11.3 Å². The fourth-order valence-electron chi connectivity index (χ4n) is 4.15. The third kappa shape index (κ3) is 3.92. The summed E-state index contributed by atoms with van der Waals surface area (Å²) in [5, 5.41) is 0. The van der Waals surface area contributed by atoms with Crippen LogP contribution in [0.2, 0.25) is 0 Å². The average molecular weight is 330 g/mol. The van der Waals surface area contributed by atoms with Crippen molar-refractivity contribution in [1.82, 2.24) is 9.80 Å². The van der Waals surface area contributed by atoms with Gasteiger partial charge in [0.1, 0.15) is 5.60 Å². The predicted octanol–water partition coefficient (Wildman–Crippen LogP) is 4.05. The lowest BCUT2D eigenvalue weighted by Crippen LogP contribution is -2.57. The molecular formula is C20H30N2O2. The van der Waals surface area contributed by atoms with E-state index in [-0.39, 0.29) is 11.6 Å². The molecule has 0 bridgehead atoms. The largest absolute Gasteiger partial charge is 0.444 e. The van der Waals surface area contributed by atoms with E-state index in [4.69, 9.17) is 4.74 Å². The molecule has 2 saturated heterocycles. The monoisotopic (exact) mass is 330 g/mol. The van der Waals surface area contributed by atoms with Crippen LogP contribution in [0.5, 0.6) is 0 Å². The summed E-state index contributed by atoms with van der Waals surface area (Å²) in [6, 6.07) is 10.6. The second-order valence-electron chi connectivity index (χ2n) is 8.26. The third-order valence-corrected chi connectivity index (χ3v) is 5.09. The highest BCUT2D eigenvalue weighted by Crippen LogP contribution is 2.38. The van der Waals surface area contributed by atoms with Gasteiger partial charge in [-0.25, -0.2) is 4.79 Å². The van der Waals surface area contributed by atoms with E-state index in [0.29, 0.717) is 0 Å². The van der Waals surface area contributed by atoms with Gasteiger partial charge in [-0.1, -0.05) is 30.3 Å². The molecule has 0 saturated carbocycles. The first kappa shape index (κ1) is 17.3. The van der Waals surface area contributed by atoms with E-state index in [1.807, 2.05) is 25.7 Å². The van der Waals surface area contributed by atoms with E-state index < -0.39 is 5.60 Å². The summed E-state index contributed by atoms with van der Waals surface area (Å²) in [7, 11) is 0. The minimum atomic E-state index is -0.431. The first-order valence-corrected chi connectivity index (χ1v) is 9.15. The molecule has 0 N–H and O–H groups in total. The molecule has 24 heavy (non-hydrogen) atoms. The Kier molecular flexibility index (Phi) is 4.86. The van der Waals surface area contributed by atoms with Gasteiger partial charge >= 0.3 is 6.09 Å². The van der Waals surface area contributed by atoms with Crippen molar-refractivity contribution in [3.05, 3.63) is 35.9 Å². The van der Waals surface area contributed by atoms with Crippen LogP contribution in [0.25, 0.3) is 0 Å². The number of rotatable bonds is 2. The first-order valence-electron chi connectivity index (χ1n) is 9.15. The van der Waals surface area contributed by atoms with Gasteiger partial charge in [-0.3, -0.25) is 4.90 Å². The number of piperidine rings is 1. The lowest BCUT2D eigenvalue weighted by Gasteiger charge is -2.46.